The van der Waals surface area contributed by atoms with Crippen LogP contribution in [-0.4, -0.2) is 27.2 Å². The molecule has 0 spiro atoms. The number of para-hydroxylation sites is 1. The molecule has 2 aromatic carbocycles. The quantitative estimate of drug-likeness (QED) is 0.354. The molecule has 0 unspecified atom stereocenters. The van der Waals surface area contributed by atoms with Crippen molar-refractivity contribution >= 4 is 32.6 Å². The van der Waals surface area contributed by atoms with Gasteiger partial charge < -0.3 is 0 Å². The smallest absolute Gasteiger partial charge is 0.260 e. The Hall–Kier alpha value is -2.99. The molecule has 2 heterocycles. The first kappa shape index (κ1) is 22.2. The maximum Gasteiger partial charge on any atom is 0.260 e. The summed E-state index contributed by atoms with van der Waals surface area (Å²) >= 11 is 1.58. The van der Waals surface area contributed by atoms with E-state index in [2.05, 4.69) is 49.3 Å². The van der Waals surface area contributed by atoms with Crippen LogP contribution in [0.4, 0.5) is 5.13 Å². The average molecular weight is 447 g/mol. The molecular weight excluding hydrogens is 416 g/mol. The Morgan fingerprint density at radius 1 is 1.09 bits per heavy atom. The highest BCUT2D eigenvalue weighted by Gasteiger charge is 2.24. The molecule has 0 aliphatic heterocycles. The summed E-state index contributed by atoms with van der Waals surface area (Å²) in [5, 5.41) is 5.31. The number of benzene rings is 2. The van der Waals surface area contributed by atoms with Gasteiger partial charge in [-0.2, -0.15) is 5.10 Å². The Labute approximate surface area is 193 Å². The van der Waals surface area contributed by atoms with Gasteiger partial charge in [-0.25, -0.2) is 4.98 Å². The highest BCUT2D eigenvalue weighted by atomic mass is 32.1. The van der Waals surface area contributed by atoms with E-state index >= 15 is 0 Å². The van der Waals surface area contributed by atoms with Crippen LogP contribution in [0.5, 0.6) is 0 Å². The molecule has 32 heavy (non-hydrogen) atoms. The summed E-state index contributed by atoms with van der Waals surface area (Å²) in [6, 6.07) is 14.3. The van der Waals surface area contributed by atoms with Crippen LogP contribution < -0.4 is 4.90 Å². The number of aryl methyl sites for hydroxylation is 4. The lowest BCUT2D eigenvalue weighted by molar-refractivity contribution is 0.0985. The molecular formula is C26H30N4OS. The number of carbonyl (C=O) groups excluding carboxylic acids is 1. The van der Waals surface area contributed by atoms with E-state index in [1.807, 2.05) is 49.4 Å². The van der Waals surface area contributed by atoms with Gasteiger partial charge in [-0.1, -0.05) is 55.0 Å². The SMILES string of the molecule is Cc1ccc(C(=O)N(CCn2nc(C)cc2C)c2nc3c(C(C)C)cccc3s2)c(C)c1. The van der Waals surface area contributed by atoms with E-state index in [4.69, 9.17) is 4.98 Å². The predicted octanol–water partition coefficient (Wildman–Crippen LogP) is 6.20. The number of fused-ring (bicyclic) bond motifs is 1. The third-order valence-corrected chi connectivity index (χ3v) is 6.83. The molecule has 4 aromatic rings. The number of hydrogen-bond donors (Lipinski definition) is 0. The molecule has 0 radical (unpaired) electrons. The van der Waals surface area contributed by atoms with Crippen molar-refractivity contribution in [1.82, 2.24) is 14.8 Å². The zero-order valence-electron chi connectivity index (χ0n) is 19.6. The Morgan fingerprint density at radius 2 is 1.88 bits per heavy atom. The fourth-order valence-corrected chi connectivity index (χ4v) is 5.14. The van der Waals surface area contributed by atoms with Gasteiger partial charge in [0.25, 0.3) is 5.91 Å². The normalized spacial score (nSPS) is 11.5. The Bertz CT molecular complexity index is 1280. The van der Waals surface area contributed by atoms with Gasteiger partial charge in [0.15, 0.2) is 5.13 Å². The number of amides is 1. The van der Waals surface area contributed by atoms with E-state index in [1.54, 1.807) is 11.3 Å². The average Bonchev–Trinajstić information content (AvgIpc) is 3.29. The van der Waals surface area contributed by atoms with Crippen molar-refractivity contribution < 1.29 is 4.79 Å². The summed E-state index contributed by atoms with van der Waals surface area (Å²) in [6.07, 6.45) is 0. The summed E-state index contributed by atoms with van der Waals surface area (Å²) < 4.78 is 3.07. The molecule has 4 rings (SSSR count). The first-order valence-corrected chi connectivity index (χ1v) is 11.9. The summed E-state index contributed by atoms with van der Waals surface area (Å²) in [5.41, 5.74) is 7.12. The molecule has 0 atom stereocenters. The minimum atomic E-state index is -0.0193. The van der Waals surface area contributed by atoms with E-state index in [0.29, 0.717) is 24.6 Å². The molecule has 166 valence electrons. The third-order valence-electron chi connectivity index (χ3n) is 5.79. The number of anilines is 1. The molecule has 0 N–H and O–H groups in total. The number of aromatic nitrogens is 3. The van der Waals surface area contributed by atoms with Crippen LogP contribution >= 0.6 is 11.3 Å². The highest BCUT2D eigenvalue weighted by Crippen LogP contribution is 2.34. The van der Waals surface area contributed by atoms with Gasteiger partial charge in [-0.05, 0) is 62.9 Å². The second kappa shape index (κ2) is 8.87. The fourth-order valence-electron chi connectivity index (χ4n) is 4.12. The fraction of sp³-hybridized carbons (Fsp3) is 0.346. The summed E-state index contributed by atoms with van der Waals surface area (Å²) in [5.74, 6) is 0.348. The molecule has 0 bridgehead atoms. The van der Waals surface area contributed by atoms with Gasteiger partial charge in [0, 0.05) is 17.8 Å². The van der Waals surface area contributed by atoms with Crippen molar-refractivity contribution in [3.63, 3.8) is 0 Å². The van der Waals surface area contributed by atoms with Gasteiger partial charge in [0.2, 0.25) is 0 Å². The number of rotatable bonds is 6. The van der Waals surface area contributed by atoms with Gasteiger partial charge >= 0.3 is 0 Å². The summed E-state index contributed by atoms with van der Waals surface area (Å²) in [6.45, 7) is 13.5. The molecule has 1 amide bonds. The Kier molecular flexibility index (Phi) is 6.15. The monoisotopic (exact) mass is 446 g/mol. The van der Waals surface area contributed by atoms with Crippen LogP contribution in [0.1, 0.15) is 58.2 Å². The Balaban J connectivity index is 1.76. The third kappa shape index (κ3) is 4.32. The van der Waals surface area contributed by atoms with Gasteiger partial charge in [-0.3, -0.25) is 14.4 Å². The van der Waals surface area contributed by atoms with E-state index in [-0.39, 0.29) is 5.91 Å². The van der Waals surface area contributed by atoms with Gasteiger partial charge in [0.1, 0.15) is 0 Å². The molecule has 0 aliphatic rings. The van der Waals surface area contributed by atoms with Crippen LogP contribution in [0.2, 0.25) is 0 Å². The van der Waals surface area contributed by atoms with Crippen LogP contribution in [0.3, 0.4) is 0 Å². The second-order valence-electron chi connectivity index (χ2n) is 8.77. The van der Waals surface area contributed by atoms with E-state index in [0.717, 1.165) is 37.9 Å². The first-order chi connectivity index (χ1) is 15.2. The Morgan fingerprint density at radius 3 is 2.53 bits per heavy atom. The summed E-state index contributed by atoms with van der Waals surface area (Å²) in [4.78, 5) is 20.5. The second-order valence-corrected chi connectivity index (χ2v) is 9.78. The standard InChI is InChI=1S/C26H30N4OS/c1-16(2)21-8-7-9-23-24(21)27-26(32-23)29(12-13-30-20(6)15-19(5)28-30)25(31)22-11-10-17(3)14-18(22)4/h7-11,14-16H,12-13H2,1-6H3. The van der Waals surface area contributed by atoms with Gasteiger partial charge in [-0.15, -0.1) is 0 Å². The van der Waals surface area contributed by atoms with E-state index in [9.17, 15) is 4.79 Å². The van der Waals surface area contributed by atoms with Crippen molar-refractivity contribution in [1.29, 1.82) is 0 Å². The van der Waals surface area contributed by atoms with Crippen molar-refractivity contribution in [3.05, 3.63) is 76.1 Å². The zero-order valence-corrected chi connectivity index (χ0v) is 20.5. The first-order valence-electron chi connectivity index (χ1n) is 11.0. The molecule has 0 saturated carbocycles. The van der Waals surface area contributed by atoms with Crippen molar-refractivity contribution in [2.45, 2.75) is 54.0 Å². The molecule has 0 saturated heterocycles. The summed E-state index contributed by atoms with van der Waals surface area (Å²) in [7, 11) is 0. The number of thiazole rings is 1. The van der Waals surface area contributed by atoms with Crippen molar-refractivity contribution in [2.24, 2.45) is 0 Å². The van der Waals surface area contributed by atoms with Crippen LogP contribution in [0.25, 0.3) is 10.2 Å². The minimum Gasteiger partial charge on any atom is -0.282 e. The van der Waals surface area contributed by atoms with Gasteiger partial charge in [0.05, 0.1) is 22.5 Å². The van der Waals surface area contributed by atoms with Crippen LogP contribution in [0.15, 0.2) is 42.5 Å². The molecule has 0 aliphatic carbocycles. The van der Waals surface area contributed by atoms with Crippen LogP contribution in [0, 0.1) is 27.7 Å². The number of hydrogen-bond acceptors (Lipinski definition) is 4. The lowest BCUT2D eigenvalue weighted by Crippen LogP contribution is -2.34. The van der Waals surface area contributed by atoms with Crippen molar-refractivity contribution in [2.75, 3.05) is 11.4 Å². The topological polar surface area (TPSA) is 51.0 Å². The molecule has 0 fully saturated rings. The predicted molar refractivity (Wildman–Crippen MR) is 133 cm³/mol. The number of carbonyl (C=O) groups is 1. The van der Waals surface area contributed by atoms with E-state index < -0.39 is 0 Å². The maximum atomic E-state index is 13.7. The molecule has 2 aromatic heterocycles. The van der Waals surface area contributed by atoms with Crippen molar-refractivity contribution in [3.8, 4) is 0 Å². The maximum absolute atomic E-state index is 13.7. The molecule has 5 nitrogen and oxygen atoms in total. The van der Waals surface area contributed by atoms with E-state index in [1.165, 1.54) is 5.56 Å². The molecule has 6 heteroatoms. The highest BCUT2D eigenvalue weighted by molar-refractivity contribution is 7.22. The number of nitrogens with zero attached hydrogens (tertiary/aromatic N) is 4. The lowest BCUT2D eigenvalue weighted by atomic mass is 10.0. The lowest BCUT2D eigenvalue weighted by Gasteiger charge is -2.21. The largest absolute Gasteiger partial charge is 0.282 e. The zero-order chi connectivity index (χ0) is 23.0. The minimum absolute atomic E-state index is 0.0193. The van der Waals surface area contributed by atoms with Crippen LogP contribution in [-0.2, 0) is 6.54 Å².